The third-order valence-corrected chi connectivity index (χ3v) is 4.21. The van der Waals surface area contributed by atoms with E-state index in [1.807, 2.05) is 6.07 Å². The van der Waals surface area contributed by atoms with Gasteiger partial charge in [0.25, 0.3) is 0 Å². The second-order valence-corrected chi connectivity index (χ2v) is 5.61. The van der Waals surface area contributed by atoms with Crippen molar-refractivity contribution in [2.75, 3.05) is 13.7 Å². The van der Waals surface area contributed by atoms with E-state index >= 15 is 0 Å². The molecule has 3 nitrogen and oxygen atoms in total. The number of rotatable bonds is 5. The molecule has 0 saturated heterocycles. The van der Waals surface area contributed by atoms with E-state index in [9.17, 15) is 9.50 Å². The molecule has 0 aromatic heterocycles. The molecule has 4 heteroatoms. The molecule has 19 heavy (non-hydrogen) atoms. The highest BCUT2D eigenvalue weighted by Crippen LogP contribution is 2.37. The molecule has 0 heterocycles. The second-order valence-electron chi connectivity index (χ2n) is 5.61. The summed E-state index contributed by atoms with van der Waals surface area (Å²) in [6, 6.07) is 5.30. The zero-order valence-electron chi connectivity index (χ0n) is 11.6. The van der Waals surface area contributed by atoms with E-state index < -0.39 is 0 Å². The molecule has 1 aromatic rings. The summed E-state index contributed by atoms with van der Waals surface area (Å²) in [4.78, 5) is 0. The van der Waals surface area contributed by atoms with E-state index in [0.29, 0.717) is 12.6 Å². The highest BCUT2D eigenvalue weighted by Gasteiger charge is 2.37. The smallest absolute Gasteiger partial charge is 0.165 e. The van der Waals surface area contributed by atoms with Crippen LogP contribution >= 0.6 is 0 Å². The Labute approximate surface area is 113 Å². The van der Waals surface area contributed by atoms with Crippen LogP contribution in [0.3, 0.4) is 0 Å². The van der Waals surface area contributed by atoms with Gasteiger partial charge in [0.1, 0.15) is 0 Å². The highest BCUT2D eigenvalue weighted by molar-refractivity contribution is 5.29. The van der Waals surface area contributed by atoms with Crippen LogP contribution in [0.15, 0.2) is 18.2 Å². The third-order valence-electron chi connectivity index (χ3n) is 4.21. The first-order valence-electron chi connectivity index (χ1n) is 6.76. The van der Waals surface area contributed by atoms with Crippen molar-refractivity contribution < 1.29 is 14.2 Å². The quantitative estimate of drug-likeness (QED) is 0.861. The number of hydrogen-bond donors (Lipinski definition) is 2. The zero-order valence-corrected chi connectivity index (χ0v) is 11.6. The van der Waals surface area contributed by atoms with Crippen molar-refractivity contribution in [1.82, 2.24) is 5.32 Å². The number of halogens is 1. The van der Waals surface area contributed by atoms with Crippen molar-refractivity contribution in [2.24, 2.45) is 5.41 Å². The molecule has 2 atom stereocenters. The van der Waals surface area contributed by atoms with Crippen LogP contribution in [0.25, 0.3) is 0 Å². The third kappa shape index (κ3) is 3.07. The maximum Gasteiger partial charge on any atom is 0.165 e. The van der Waals surface area contributed by atoms with E-state index in [1.165, 1.54) is 13.2 Å². The average Bonchev–Trinajstić information content (AvgIpc) is 2.78. The monoisotopic (exact) mass is 267 g/mol. The molecular weight excluding hydrogens is 245 g/mol. The summed E-state index contributed by atoms with van der Waals surface area (Å²) in [5.74, 6) is -0.0667. The fraction of sp³-hybridized carbons (Fsp3) is 0.600. The predicted molar refractivity (Wildman–Crippen MR) is 72.6 cm³/mol. The molecule has 2 N–H and O–H groups in total. The maximum absolute atomic E-state index is 13.6. The van der Waals surface area contributed by atoms with E-state index in [2.05, 4.69) is 12.2 Å². The van der Waals surface area contributed by atoms with Gasteiger partial charge in [0.05, 0.1) is 7.11 Å². The lowest BCUT2D eigenvalue weighted by atomic mass is 9.86. The SMILES string of the molecule is COc1ccc(CNC2CCCC2(C)CO)cc1F. The summed E-state index contributed by atoms with van der Waals surface area (Å²) in [7, 11) is 1.46. The molecule has 2 rings (SSSR count). The number of aliphatic hydroxyl groups excluding tert-OH is 1. The second kappa shape index (κ2) is 5.88. The van der Waals surface area contributed by atoms with Crippen molar-refractivity contribution in [3.05, 3.63) is 29.6 Å². The van der Waals surface area contributed by atoms with Gasteiger partial charge in [-0.1, -0.05) is 19.4 Å². The Kier molecular flexibility index (Phi) is 4.42. The van der Waals surface area contributed by atoms with Gasteiger partial charge in [0.15, 0.2) is 11.6 Å². The molecule has 0 radical (unpaired) electrons. The van der Waals surface area contributed by atoms with Gasteiger partial charge in [0, 0.05) is 24.6 Å². The summed E-state index contributed by atoms with van der Waals surface area (Å²) >= 11 is 0. The van der Waals surface area contributed by atoms with Crippen LogP contribution in [0.4, 0.5) is 4.39 Å². The summed E-state index contributed by atoms with van der Waals surface area (Å²) in [6.45, 7) is 2.91. The topological polar surface area (TPSA) is 41.5 Å². The molecular formula is C15H22FNO2. The normalized spacial score (nSPS) is 26.6. The number of ether oxygens (including phenoxy) is 1. The first-order valence-corrected chi connectivity index (χ1v) is 6.76. The number of methoxy groups -OCH3 is 1. The Morgan fingerprint density at radius 1 is 1.53 bits per heavy atom. The van der Waals surface area contributed by atoms with Crippen molar-refractivity contribution in [2.45, 2.75) is 38.8 Å². The first kappa shape index (κ1) is 14.3. The zero-order chi connectivity index (χ0) is 13.9. The van der Waals surface area contributed by atoms with E-state index in [4.69, 9.17) is 4.74 Å². The minimum absolute atomic E-state index is 0.0506. The van der Waals surface area contributed by atoms with Crippen LogP contribution in [-0.4, -0.2) is 24.9 Å². The van der Waals surface area contributed by atoms with Crippen LogP contribution < -0.4 is 10.1 Å². The largest absolute Gasteiger partial charge is 0.494 e. The van der Waals surface area contributed by atoms with Crippen LogP contribution in [0.2, 0.25) is 0 Å². The first-order chi connectivity index (χ1) is 9.09. The minimum Gasteiger partial charge on any atom is -0.494 e. The molecule has 0 amide bonds. The fourth-order valence-corrected chi connectivity index (χ4v) is 2.83. The molecule has 106 valence electrons. The van der Waals surface area contributed by atoms with Crippen LogP contribution in [0.1, 0.15) is 31.7 Å². The van der Waals surface area contributed by atoms with Crippen LogP contribution in [0.5, 0.6) is 5.75 Å². The Bertz CT molecular complexity index is 438. The van der Waals surface area contributed by atoms with Crippen LogP contribution in [-0.2, 0) is 6.54 Å². The average molecular weight is 267 g/mol. The summed E-state index contributed by atoms with van der Waals surface area (Å²) in [6.07, 6.45) is 3.24. The molecule has 1 aromatic carbocycles. The molecule has 1 aliphatic carbocycles. The Morgan fingerprint density at radius 2 is 2.32 bits per heavy atom. The number of aliphatic hydroxyl groups is 1. The molecule has 0 bridgehead atoms. The standard InChI is InChI=1S/C15H22FNO2/c1-15(10-18)7-3-4-14(15)17-9-11-5-6-13(19-2)12(16)8-11/h5-6,8,14,17-18H,3-4,7,9-10H2,1-2H3. The van der Waals surface area contributed by atoms with Gasteiger partial charge in [-0.3, -0.25) is 0 Å². The van der Waals surface area contributed by atoms with Crippen molar-refractivity contribution >= 4 is 0 Å². The fourth-order valence-electron chi connectivity index (χ4n) is 2.83. The van der Waals surface area contributed by atoms with E-state index in [1.54, 1.807) is 6.07 Å². The van der Waals surface area contributed by atoms with Gasteiger partial charge in [-0.2, -0.15) is 0 Å². The molecule has 2 unspecified atom stereocenters. The molecule has 1 fully saturated rings. The van der Waals surface area contributed by atoms with Gasteiger partial charge in [-0.15, -0.1) is 0 Å². The molecule has 0 spiro atoms. The molecule has 0 aliphatic heterocycles. The van der Waals surface area contributed by atoms with Crippen molar-refractivity contribution in [3.63, 3.8) is 0 Å². The summed E-state index contributed by atoms with van der Waals surface area (Å²) in [5, 5.41) is 12.9. The van der Waals surface area contributed by atoms with Crippen molar-refractivity contribution in [3.8, 4) is 5.75 Å². The van der Waals surface area contributed by atoms with Gasteiger partial charge >= 0.3 is 0 Å². The Hall–Kier alpha value is -1.13. The number of nitrogens with one attached hydrogen (secondary N) is 1. The Balaban J connectivity index is 1.97. The highest BCUT2D eigenvalue weighted by atomic mass is 19.1. The van der Waals surface area contributed by atoms with E-state index in [-0.39, 0.29) is 23.6 Å². The molecule has 1 saturated carbocycles. The van der Waals surface area contributed by atoms with Gasteiger partial charge in [-0.25, -0.2) is 4.39 Å². The lowest BCUT2D eigenvalue weighted by Gasteiger charge is -2.30. The summed E-state index contributed by atoms with van der Waals surface area (Å²) in [5.41, 5.74) is 0.843. The van der Waals surface area contributed by atoms with Gasteiger partial charge in [-0.05, 0) is 30.5 Å². The predicted octanol–water partition coefficient (Wildman–Crippen LogP) is 2.48. The molecule has 1 aliphatic rings. The maximum atomic E-state index is 13.6. The number of hydrogen-bond acceptors (Lipinski definition) is 3. The number of benzene rings is 1. The lowest BCUT2D eigenvalue weighted by Crippen LogP contribution is -2.41. The van der Waals surface area contributed by atoms with E-state index in [0.717, 1.165) is 24.8 Å². The summed E-state index contributed by atoms with van der Waals surface area (Å²) < 4.78 is 18.5. The van der Waals surface area contributed by atoms with Crippen LogP contribution in [0, 0.1) is 11.2 Å². The van der Waals surface area contributed by atoms with Gasteiger partial charge < -0.3 is 15.2 Å². The minimum atomic E-state index is -0.335. The lowest BCUT2D eigenvalue weighted by molar-refractivity contribution is 0.118. The van der Waals surface area contributed by atoms with Crippen molar-refractivity contribution in [1.29, 1.82) is 0 Å². The van der Waals surface area contributed by atoms with Gasteiger partial charge in [0.2, 0.25) is 0 Å². The Morgan fingerprint density at radius 3 is 2.95 bits per heavy atom.